The average molecular weight is 231 g/mol. The van der Waals surface area contributed by atoms with E-state index in [0.717, 1.165) is 0 Å². The minimum absolute atomic E-state index is 1.21. The number of hydrogen-bond donors (Lipinski definition) is 0. The standard InChI is InChI=1S/C17H27/c1-4-5-6-7-8-9-10-13-17-14-11-12-15(2)16(17)3/h11-12H,4-10,13H2,1-3H3. The Bertz CT molecular complexity index is 312. The summed E-state index contributed by atoms with van der Waals surface area (Å²) < 4.78 is 0. The molecule has 0 N–H and O–H groups in total. The van der Waals surface area contributed by atoms with E-state index in [0.29, 0.717) is 0 Å². The van der Waals surface area contributed by atoms with E-state index in [9.17, 15) is 0 Å². The van der Waals surface area contributed by atoms with Crippen molar-refractivity contribution >= 4 is 0 Å². The highest BCUT2D eigenvalue weighted by Crippen LogP contribution is 2.16. The lowest BCUT2D eigenvalue weighted by atomic mass is 9.98. The van der Waals surface area contributed by atoms with E-state index in [1.807, 2.05) is 0 Å². The molecule has 1 aromatic carbocycles. The summed E-state index contributed by atoms with van der Waals surface area (Å²) in [4.78, 5) is 0. The molecule has 0 amide bonds. The lowest BCUT2D eigenvalue weighted by molar-refractivity contribution is 0.589. The highest BCUT2D eigenvalue weighted by molar-refractivity contribution is 5.32. The predicted molar refractivity (Wildman–Crippen MR) is 76.4 cm³/mol. The Hall–Kier alpha value is -0.780. The van der Waals surface area contributed by atoms with Crippen LogP contribution in [0.3, 0.4) is 0 Å². The normalized spacial score (nSPS) is 10.8. The second-order valence-corrected chi connectivity index (χ2v) is 5.14. The fourth-order valence-corrected chi connectivity index (χ4v) is 2.26. The maximum absolute atomic E-state index is 3.39. The summed E-state index contributed by atoms with van der Waals surface area (Å²) in [5, 5.41) is 0. The van der Waals surface area contributed by atoms with Gasteiger partial charge in [0.05, 0.1) is 0 Å². The van der Waals surface area contributed by atoms with Gasteiger partial charge in [0, 0.05) is 0 Å². The fraction of sp³-hybridized carbons (Fsp3) is 0.647. The summed E-state index contributed by atoms with van der Waals surface area (Å²) in [7, 11) is 0. The van der Waals surface area contributed by atoms with Crippen molar-refractivity contribution in [2.45, 2.75) is 72.1 Å². The third-order valence-corrected chi connectivity index (χ3v) is 3.67. The number of unbranched alkanes of at least 4 members (excludes halogenated alkanes) is 6. The van der Waals surface area contributed by atoms with Crippen molar-refractivity contribution in [2.24, 2.45) is 0 Å². The molecule has 0 aliphatic rings. The first kappa shape index (κ1) is 14.3. The van der Waals surface area contributed by atoms with Gasteiger partial charge in [0.25, 0.3) is 0 Å². The molecular formula is C17H27. The smallest absolute Gasteiger partial charge is 0.0146 e. The first-order chi connectivity index (χ1) is 8.25. The largest absolute Gasteiger partial charge is 0.0654 e. The van der Waals surface area contributed by atoms with E-state index >= 15 is 0 Å². The van der Waals surface area contributed by atoms with Gasteiger partial charge in [-0.15, -0.1) is 0 Å². The quantitative estimate of drug-likeness (QED) is 0.526. The molecule has 1 aromatic rings. The molecule has 0 heterocycles. The monoisotopic (exact) mass is 231 g/mol. The van der Waals surface area contributed by atoms with Crippen LogP contribution in [0.2, 0.25) is 0 Å². The Labute approximate surface area is 107 Å². The Morgan fingerprint density at radius 3 is 2.29 bits per heavy atom. The lowest BCUT2D eigenvalue weighted by Gasteiger charge is -2.07. The van der Waals surface area contributed by atoms with Gasteiger partial charge in [-0.3, -0.25) is 0 Å². The molecule has 0 spiro atoms. The molecule has 17 heavy (non-hydrogen) atoms. The Balaban J connectivity index is 2.16. The van der Waals surface area contributed by atoms with Gasteiger partial charge in [-0.05, 0) is 49.4 Å². The van der Waals surface area contributed by atoms with Gasteiger partial charge in [0.2, 0.25) is 0 Å². The van der Waals surface area contributed by atoms with Crippen LogP contribution in [0.15, 0.2) is 12.1 Å². The molecule has 0 aliphatic carbocycles. The number of rotatable bonds is 8. The minimum atomic E-state index is 1.21. The molecule has 0 heteroatoms. The molecule has 0 fully saturated rings. The molecule has 1 radical (unpaired) electrons. The average Bonchev–Trinajstić information content (AvgIpc) is 2.33. The van der Waals surface area contributed by atoms with Gasteiger partial charge in [0.1, 0.15) is 0 Å². The van der Waals surface area contributed by atoms with Crippen LogP contribution < -0.4 is 0 Å². The highest BCUT2D eigenvalue weighted by Gasteiger charge is 2.00. The first-order valence-electron chi connectivity index (χ1n) is 7.22. The molecule has 1 rings (SSSR count). The zero-order valence-electron chi connectivity index (χ0n) is 11.8. The van der Waals surface area contributed by atoms with Gasteiger partial charge < -0.3 is 0 Å². The van der Waals surface area contributed by atoms with E-state index < -0.39 is 0 Å². The zero-order chi connectivity index (χ0) is 12.5. The molecule has 0 nitrogen and oxygen atoms in total. The van der Waals surface area contributed by atoms with Crippen molar-refractivity contribution in [2.75, 3.05) is 0 Å². The molecular weight excluding hydrogens is 204 g/mol. The van der Waals surface area contributed by atoms with Crippen molar-refractivity contribution < 1.29 is 0 Å². The summed E-state index contributed by atoms with van der Waals surface area (Å²) in [5.74, 6) is 0. The minimum Gasteiger partial charge on any atom is -0.0654 e. The Kier molecular flexibility index (Phi) is 7.00. The first-order valence-corrected chi connectivity index (χ1v) is 7.22. The van der Waals surface area contributed by atoms with Crippen molar-refractivity contribution in [3.8, 4) is 0 Å². The van der Waals surface area contributed by atoms with E-state index in [1.165, 1.54) is 68.1 Å². The third kappa shape index (κ3) is 5.39. The summed E-state index contributed by atoms with van der Waals surface area (Å²) in [6, 6.07) is 7.61. The summed E-state index contributed by atoms with van der Waals surface area (Å²) in [5.41, 5.74) is 4.28. The molecule has 0 aromatic heterocycles. The summed E-state index contributed by atoms with van der Waals surface area (Å²) >= 11 is 0. The van der Waals surface area contributed by atoms with Crippen LogP contribution in [-0.4, -0.2) is 0 Å². The van der Waals surface area contributed by atoms with Gasteiger partial charge in [-0.1, -0.05) is 57.6 Å². The molecule has 0 aliphatic heterocycles. The van der Waals surface area contributed by atoms with Crippen molar-refractivity contribution in [3.05, 3.63) is 34.9 Å². The number of aryl methyl sites for hydroxylation is 2. The van der Waals surface area contributed by atoms with E-state index in [2.05, 4.69) is 39.0 Å². The Morgan fingerprint density at radius 1 is 0.941 bits per heavy atom. The van der Waals surface area contributed by atoms with Gasteiger partial charge in [-0.2, -0.15) is 0 Å². The number of hydrogen-bond acceptors (Lipinski definition) is 0. The van der Waals surface area contributed by atoms with Gasteiger partial charge in [0.15, 0.2) is 0 Å². The summed E-state index contributed by atoms with van der Waals surface area (Å²) in [6.45, 7) is 6.69. The molecule has 0 atom stereocenters. The van der Waals surface area contributed by atoms with Crippen LogP contribution in [0.5, 0.6) is 0 Å². The van der Waals surface area contributed by atoms with Crippen LogP contribution >= 0.6 is 0 Å². The van der Waals surface area contributed by atoms with E-state index in [1.54, 1.807) is 0 Å². The van der Waals surface area contributed by atoms with Crippen molar-refractivity contribution in [1.29, 1.82) is 0 Å². The van der Waals surface area contributed by atoms with Gasteiger partial charge >= 0.3 is 0 Å². The van der Waals surface area contributed by atoms with Gasteiger partial charge in [-0.25, -0.2) is 0 Å². The molecule has 0 unspecified atom stereocenters. The van der Waals surface area contributed by atoms with Crippen molar-refractivity contribution in [3.63, 3.8) is 0 Å². The van der Waals surface area contributed by atoms with Crippen LogP contribution in [0, 0.1) is 19.9 Å². The predicted octanol–water partition coefficient (Wildman–Crippen LogP) is 5.40. The van der Waals surface area contributed by atoms with Crippen LogP contribution in [0.4, 0.5) is 0 Å². The van der Waals surface area contributed by atoms with E-state index in [-0.39, 0.29) is 0 Å². The second kappa shape index (κ2) is 8.33. The van der Waals surface area contributed by atoms with Crippen LogP contribution in [-0.2, 0) is 6.42 Å². The molecule has 0 saturated heterocycles. The summed E-state index contributed by atoms with van der Waals surface area (Å²) in [6.07, 6.45) is 10.9. The molecule has 0 bridgehead atoms. The fourth-order valence-electron chi connectivity index (χ4n) is 2.26. The lowest BCUT2D eigenvalue weighted by Crippen LogP contribution is -1.93. The molecule has 0 saturated carbocycles. The second-order valence-electron chi connectivity index (χ2n) is 5.14. The van der Waals surface area contributed by atoms with Crippen molar-refractivity contribution in [1.82, 2.24) is 0 Å². The van der Waals surface area contributed by atoms with E-state index in [4.69, 9.17) is 0 Å². The Morgan fingerprint density at radius 2 is 1.59 bits per heavy atom. The molecule has 95 valence electrons. The number of benzene rings is 1. The maximum atomic E-state index is 3.39. The highest BCUT2D eigenvalue weighted by atomic mass is 14.1. The SMILES string of the molecule is CCCCCCCCCc1[c]ccc(C)c1C. The van der Waals surface area contributed by atoms with Crippen LogP contribution in [0.25, 0.3) is 0 Å². The topological polar surface area (TPSA) is 0 Å². The van der Waals surface area contributed by atoms with Crippen LogP contribution in [0.1, 0.15) is 68.6 Å². The maximum Gasteiger partial charge on any atom is -0.0146 e. The zero-order valence-corrected chi connectivity index (χ0v) is 11.8. The third-order valence-electron chi connectivity index (χ3n) is 3.67.